The van der Waals surface area contributed by atoms with Gasteiger partial charge < -0.3 is 20.9 Å². The Morgan fingerprint density at radius 1 is 1.67 bits per heavy atom. The van der Waals surface area contributed by atoms with Crippen molar-refractivity contribution < 1.29 is 14.6 Å². The molecule has 0 bridgehead atoms. The molecule has 1 aliphatic heterocycles. The molecule has 1 aliphatic rings. The number of amides is 1. The molecule has 0 saturated carbocycles. The van der Waals surface area contributed by atoms with Gasteiger partial charge in [-0.2, -0.15) is 4.98 Å². The fraction of sp³-hybridized carbons (Fsp3) is 0.500. The van der Waals surface area contributed by atoms with Gasteiger partial charge in [-0.3, -0.25) is 9.36 Å². The molecule has 2 heterocycles. The molecule has 8 heteroatoms. The van der Waals surface area contributed by atoms with Crippen LogP contribution in [0.15, 0.2) is 11.0 Å². The number of nitrogen functional groups attached to an aromatic ring is 1. The lowest BCUT2D eigenvalue weighted by Crippen LogP contribution is -2.28. The standard InChI is InChI=1S/C10H14N4O4/c11-9-7(12-5-16)3-14(10(17)13-9)8-2-1-6(4-15)18-8/h3,5-6,8,15H,1-2,4H2,(H,12,16)(H2,11,13,17)/t6-,8+/m0/s1. The third kappa shape index (κ3) is 2.34. The summed E-state index contributed by atoms with van der Waals surface area (Å²) in [6.07, 6.45) is 2.33. The van der Waals surface area contributed by atoms with Crippen LogP contribution in [0.1, 0.15) is 19.1 Å². The SMILES string of the molecule is Nc1nc(=O)n([C@H]2CC[C@@H](CO)O2)cc1NC=O. The Morgan fingerprint density at radius 2 is 2.44 bits per heavy atom. The van der Waals surface area contributed by atoms with E-state index in [1.165, 1.54) is 10.8 Å². The van der Waals surface area contributed by atoms with Crippen LogP contribution in [-0.2, 0) is 9.53 Å². The summed E-state index contributed by atoms with van der Waals surface area (Å²) in [5.41, 5.74) is 5.20. The fourth-order valence-electron chi connectivity index (χ4n) is 1.89. The predicted octanol–water partition coefficient (Wildman–Crippen LogP) is -0.936. The Kier molecular flexibility index (Phi) is 3.58. The van der Waals surface area contributed by atoms with Crippen LogP contribution in [0.3, 0.4) is 0 Å². The molecule has 2 rings (SSSR count). The minimum absolute atomic E-state index is 0.0416. The molecule has 2 atom stereocenters. The molecule has 1 aromatic heterocycles. The molecule has 18 heavy (non-hydrogen) atoms. The highest BCUT2D eigenvalue weighted by atomic mass is 16.5. The first-order valence-electron chi connectivity index (χ1n) is 5.51. The number of ether oxygens (including phenoxy) is 1. The molecule has 0 spiro atoms. The maximum absolute atomic E-state index is 11.7. The molecule has 0 radical (unpaired) electrons. The molecule has 0 aromatic carbocycles. The van der Waals surface area contributed by atoms with Crippen LogP contribution in [0.25, 0.3) is 0 Å². The topological polar surface area (TPSA) is 119 Å². The first-order chi connectivity index (χ1) is 8.65. The molecule has 8 nitrogen and oxygen atoms in total. The molecule has 1 saturated heterocycles. The minimum Gasteiger partial charge on any atom is -0.394 e. The number of rotatable bonds is 4. The van der Waals surface area contributed by atoms with E-state index >= 15 is 0 Å². The van der Waals surface area contributed by atoms with Crippen LogP contribution in [0.4, 0.5) is 11.5 Å². The van der Waals surface area contributed by atoms with Gasteiger partial charge >= 0.3 is 5.69 Å². The van der Waals surface area contributed by atoms with Gasteiger partial charge in [0.05, 0.1) is 12.7 Å². The Labute approximate surface area is 102 Å². The lowest BCUT2D eigenvalue weighted by Gasteiger charge is -2.16. The third-order valence-corrected chi connectivity index (χ3v) is 2.79. The third-order valence-electron chi connectivity index (χ3n) is 2.79. The van der Waals surface area contributed by atoms with Crippen LogP contribution in [0.2, 0.25) is 0 Å². The second-order valence-corrected chi connectivity index (χ2v) is 3.96. The van der Waals surface area contributed by atoms with Gasteiger partial charge in [-0.1, -0.05) is 0 Å². The minimum atomic E-state index is -0.549. The van der Waals surface area contributed by atoms with Crippen molar-refractivity contribution in [2.75, 3.05) is 17.7 Å². The van der Waals surface area contributed by atoms with Crippen LogP contribution in [0.5, 0.6) is 0 Å². The largest absolute Gasteiger partial charge is 0.394 e. The molecular formula is C10H14N4O4. The number of carbonyl (C=O) groups is 1. The van der Waals surface area contributed by atoms with E-state index in [9.17, 15) is 9.59 Å². The monoisotopic (exact) mass is 254 g/mol. The first kappa shape index (κ1) is 12.5. The van der Waals surface area contributed by atoms with E-state index < -0.39 is 11.9 Å². The van der Waals surface area contributed by atoms with Crippen molar-refractivity contribution in [3.63, 3.8) is 0 Å². The number of nitrogens with two attached hydrogens (primary N) is 1. The van der Waals surface area contributed by atoms with Crippen molar-refractivity contribution in [3.05, 3.63) is 16.7 Å². The van der Waals surface area contributed by atoms with Gasteiger partial charge in [0.1, 0.15) is 11.9 Å². The van der Waals surface area contributed by atoms with Gasteiger partial charge in [0, 0.05) is 6.20 Å². The van der Waals surface area contributed by atoms with Gasteiger partial charge in [-0.15, -0.1) is 0 Å². The zero-order chi connectivity index (χ0) is 13.1. The van der Waals surface area contributed by atoms with Gasteiger partial charge in [-0.05, 0) is 12.8 Å². The Balaban J connectivity index is 2.30. The van der Waals surface area contributed by atoms with Crippen molar-refractivity contribution in [1.82, 2.24) is 9.55 Å². The molecule has 1 aromatic rings. The van der Waals surface area contributed by atoms with Gasteiger partial charge in [-0.25, -0.2) is 4.79 Å². The molecule has 98 valence electrons. The highest BCUT2D eigenvalue weighted by Gasteiger charge is 2.27. The van der Waals surface area contributed by atoms with Crippen LogP contribution >= 0.6 is 0 Å². The quantitative estimate of drug-likeness (QED) is 0.597. The van der Waals surface area contributed by atoms with Gasteiger partial charge in [0.25, 0.3) is 0 Å². The normalized spacial score (nSPS) is 22.9. The van der Waals surface area contributed by atoms with Crippen LogP contribution in [-0.4, -0.2) is 33.8 Å². The van der Waals surface area contributed by atoms with Crippen LogP contribution < -0.4 is 16.7 Å². The lowest BCUT2D eigenvalue weighted by atomic mass is 10.2. The highest BCUT2D eigenvalue weighted by molar-refractivity contribution is 5.76. The van der Waals surface area contributed by atoms with E-state index in [-0.39, 0.29) is 24.2 Å². The van der Waals surface area contributed by atoms with Crippen molar-refractivity contribution in [2.24, 2.45) is 0 Å². The number of hydrogen-bond acceptors (Lipinski definition) is 6. The predicted molar refractivity (Wildman–Crippen MR) is 62.8 cm³/mol. The molecular weight excluding hydrogens is 240 g/mol. The van der Waals surface area contributed by atoms with Crippen molar-refractivity contribution >= 4 is 17.9 Å². The molecule has 1 amide bonds. The van der Waals surface area contributed by atoms with E-state index in [4.69, 9.17) is 15.6 Å². The van der Waals surface area contributed by atoms with Crippen molar-refractivity contribution in [2.45, 2.75) is 25.2 Å². The van der Waals surface area contributed by atoms with Gasteiger partial charge in [0.15, 0.2) is 5.82 Å². The van der Waals surface area contributed by atoms with Crippen molar-refractivity contribution in [1.29, 1.82) is 0 Å². The summed E-state index contributed by atoms with van der Waals surface area (Å²) in [6, 6.07) is 0. The van der Waals surface area contributed by atoms with E-state index in [2.05, 4.69) is 10.3 Å². The van der Waals surface area contributed by atoms with Gasteiger partial charge in [0.2, 0.25) is 6.41 Å². The number of aromatic nitrogens is 2. The zero-order valence-electron chi connectivity index (χ0n) is 9.57. The van der Waals surface area contributed by atoms with E-state index in [1.54, 1.807) is 0 Å². The summed E-state index contributed by atoms with van der Waals surface area (Å²) in [4.78, 5) is 25.7. The lowest BCUT2D eigenvalue weighted by molar-refractivity contribution is -0.105. The summed E-state index contributed by atoms with van der Waals surface area (Å²) in [6.45, 7) is -0.0902. The summed E-state index contributed by atoms with van der Waals surface area (Å²) < 4.78 is 6.73. The Bertz CT molecular complexity index is 501. The van der Waals surface area contributed by atoms with E-state index in [1.807, 2.05) is 0 Å². The first-order valence-corrected chi connectivity index (χ1v) is 5.51. The average molecular weight is 254 g/mol. The second-order valence-electron chi connectivity index (χ2n) is 3.96. The maximum atomic E-state index is 11.7. The molecule has 1 fully saturated rings. The Hall–Kier alpha value is -1.93. The van der Waals surface area contributed by atoms with E-state index in [0.717, 1.165) is 0 Å². The number of anilines is 2. The zero-order valence-corrected chi connectivity index (χ0v) is 9.57. The number of nitrogens with zero attached hydrogens (tertiary/aromatic N) is 2. The summed E-state index contributed by atoms with van der Waals surface area (Å²) in [7, 11) is 0. The fourth-order valence-corrected chi connectivity index (χ4v) is 1.89. The number of nitrogens with one attached hydrogen (secondary N) is 1. The maximum Gasteiger partial charge on any atom is 0.351 e. The molecule has 0 unspecified atom stereocenters. The molecule has 4 N–H and O–H groups in total. The summed E-state index contributed by atoms with van der Waals surface area (Å²) in [5, 5.41) is 11.3. The molecule has 0 aliphatic carbocycles. The van der Waals surface area contributed by atoms with Crippen molar-refractivity contribution in [3.8, 4) is 0 Å². The summed E-state index contributed by atoms with van der Waals surface area (Å²) in [5.74, 6) is -0.0416. The highest BCUT2D eigenvalue weighted by Crippen LogP contribution is 2.27. The van der Waals surface area contributed by atoms with E-state index in [0.29, 0.717) is 19.3 Å². The van der Waals surface area contributed by atoms with Crippen LogP contribution in [0, 0.1) is 0 Å². The number of aliphatic hydroxyl groups is 1. The Morgan fingerprint density at radius 3 is 3.06 bits per heavy atom. The second kappa shape index (κ2) is 5.15. The number of hydrogen-bond donors (Lipinski definition) is 3. The summed E-state index contributed by atoms with van der Waals surface area (Å²) >= 11 is 0. The number of aliphatic hydroxyl groups excluding tert-OH is 1. The smallest absolute Gasteiger partial charge is 0.351 e. The number of carbonyl (C=O) groups excluding carboxylic acids is 1. The average Bonchev–Trinajstić information content (AvgIpc) is 2.81.